The van der Waals surface area contributed by atoms with Crippen molar-refractivity contribution in [2.75, 3.05) is 42.6 Å². The normalized spacial score (nSPS) is 22.3. The zero-order valence-electron chi connectivity index (χ0n) is 12.3. The molecule has 1 aliphatic heterocycles. The van der Waals surface area contributed by atoms with Crippen molar-refractivity contribution in [3.05, 3.63) is 5.56 Å². The molecule has 0 bridgehead atoms. The lowest BCUT2D eigenvalue weighted by molar-refractivity contribution is 0.616. The van der Waals surface area contributed by atoms with Crippen LogP contribution < -0.4 is 21.3 Å². The molecule has 1 aliphatic carbocycles. The Morgan fingerprint density at radius 3 is 2.75 bits per heavy atom. The Hall–Kier alpha value is -1.56. The van der Waals surface area contributed by atoms with Crippen LogP contribution in [0.15, 0.2) is 0 Å². The molecular weight excluding hydrogens is 252 g/mol. The van der Waals surface area contributed by atoms with E-state index in [0.29, 0.717) is 17.8 Å². The van der Waals surface area contributed by atoms with Crippen molar-refractivity contribution >= 4 is 17.6 Å². The van der Waals surface area contributed by atoms with Crippen molar-refractivity contribution in [2.45, 2.75) is 32.2 Å². The van der Waals surface area contributed by atoms with Crippen LogP contribution in [0.2, 0.25) is 0 Å². The molecule has 2 fully saturated rings. The quantitative estimate of drug-likeness (QED) is 0.744. The van der Waals surface area contributed by atoms with Gasteiger partial charge in [0.15, 0.2) is 0 Å². The number of likely N-dealkylation sites (N-methyl/N-ethyl adjacent to an activating group) is 1. The molecule has 6 nitrogen and oxygen atoms in total. The van der Waals surface area contributed by atoms with Crippen LogP contribution in [0, 0.1) is 12.8 Å². The molecule has 0 amide bonds. The van der Waals surface area contributed by atoms with Crippen molar-refractivity contribution in [1.29, 1.82) is 0 Å². The van der Waals surface area contributed by atoms with Gasteiger partial charge >= 0.3 is 0 Å². The van der Waals surface area contributed by atoms with Gasteiger partial charge in [0.1, 0.15) is 11.6 Å². The first-order valence-corrected chi connectivity index (χ1v) is 7.47. The third-order valence-electron chi connectivity index (χ3n) is 4.30. The molecule has 3 rings (SSSR count). The Morgan fingerprint density at radius 1 is 1.30 bits per heavy atom. The molecule has 1 aromatic rings. The molecular formula is C14H24N6. The summed E-state index contributed by atoms with van der Waals surface area (Å²) in [6, 6.07) is 0.536. The largest absolute Gasteiger partial charge is 0.383 e. The maximum Gasteiger partial charge on any atom is 0.226 e. The van der Waals surface area contributed by atoms with Crippen LogP contribution in [-0.2, 0) is 0 Å². The van der Waals surface area contributed by atoms with Gasteiger partial charge in [-0.05, 0) is 39.2 Å². The highest BCUT2D eigenvalue weighted by Gasteiger charge is 2.25. The molecule has 1 atom stereocenters. The van der Waals surface area contributed by atoms with Crippen LogP contribution >= 0.6 is 0 Å². The highest BCUT2D eigenvalue weighted by atomic mass is 15.3. The van der Waals surface area contributed by atoms with E-state index >= 15 is 0 Å². The molecule has 0 unspecified atom stereocenters. The lowest BCUT2D eigenvalue weighted by Crippen LogP contribution is -2.30. The van der Waals surface area contributed by atoms with Gasteiger partial charge in [-0.3, -0.25) is 0 Å². The Balaban J connectivity index is 1.77. The first-order chi connectivity index (χ1) is 9.67. The van der Waals surface area contributed by atoms with E-state index in [0.717, 1.165) is 43.4 Å². The number of aromatic nitrogens is 2. The standard InChI is InChI=1S/C14H24N6/c1-9-12(15)18-14(17-7-10-3-4-10)19-13(9)20-6-5-11(8-20)16-2/h10-11,16H,3-8H2,1-2H3,(H3,15,17,18,19)/t11-/m1/s1. The van der Waals surface area contributed by atoms with Crippen LogP contribution in [0.3, 0.4) is 0 Å². The van der Waals surface area contributed by atoms with Gasteiger partial charge in [-0.2, -0.15) is 9.97 Å². The zero-order valence-corrected chi connectivity index (χ0v) is 12.3. The van der Waals surface area contributed by atoms with Gasteiger partial charge in [0.25, 0.3) is 0 Å². The van der Waals surface area contributed by atoms with Crippen LogP contribution in [0.5, 0.6) is 0 Å². The summed E-state index contributed by atoms with van der Waals surface area (Å²) in [7, 11) is 2.01. The van der Waals surface area contributed by atoms with Crippen molar-refractivity contribution < 1.29 is 0 Å². The predicted octanol–water partition coefficient (Wildman–Crippen LogP) is 0.987. The van der Waals surface area contributed by atoms with Gasteiger partial charge in [0, 0.05) is 31.2 Å². The van der Waals surface area contributed by atoms with Crippen molar-refractivity contribution in [3.8, 4) is 0 Å². The smallest absolute Gasteiger partial charge is 0.226 e. The number of hydrogen-bond acceptors (Lipinski definition) is 6. The second-order valence-electron chi connectivity index (χ2n) is 5.93. The third-order valence-corrected chi connectivity index (χ3v) is 4.30. The van der Waals surface area contributed by atoms with Crippen molar-refractivity contribution in [2.24, 2.45) is 5.92 Å². The van der Waals surface area contributed by atoms with Gasteiger partial charge in [-0.1, -0.05) is 0 Å². The number of nitrogens with zero attached hydrogens (tertiary/aromatic N) is 3. The monoisotopic (exact) mass is 276 g/mol. The zero-order chi connectivity index (χ0) is 14.1. The number of nitrogen functional groups attached to an aromatic ring is 1. The summed E-state index contributed by atoms with van der Waals surface area (Å²) >= 11 is 0. The Morgan fingerprint density at radius 2 is 2.10 bits per heavy atom. The summed E-state index contributed by atoms with van der Waals surface area (Å²) in [6.07, 6.45) is 3.78. The minimum atomic E-state index is 0.536. The molecule has 0 aromatic carbocycles. The summed E-state index contributed by atoms with van der Waals surface area (Å²) in [4.78, 5) is 11.3. The van der Waals surface area contributed by atoms with Gasteiger partial charge in [0.2, 0.25) is 5.95 Å². The second kappa shape index (κ2) is 5.44. The third kappa shape index (κ3) is 2.80. The number of rotatable bonds is 5. The highest BCUT2D eigenvalue weighted by Crippen LogP contribution is 2.30. The summed E-state index contributed by atoms with van der Waals surface area (Å²) in [6.45, 7) is 4.96. The minimum absolute atomic E-state index is 0.536. The maximum atomic E-state index is 6.04. The van der Waals surface area contributed by atoms with E-state index in [9.17, 15) is 0 Å². The first-order valence-electron chi connectivity index (χ1n) is 7.47. The van der Waals surface area contributed by atoms with E-state index < -0.39 is 0 Å². The van der Waals surface area contributed by atoms with Gasteiger partial charge in [0.05, 0.1) is 0 Å². The lowest BCUT2D eigenvalue weighted by Gasteiger charge is -2.21. The molecule has 0 radical (unpaired) electrons. The first kappa shape index (κ1) is 13.4. The number of nitrogens with two attached hydrogens (primary N) is 1. The van der Waals surface area contributed by atoms with E-state index in [1.165, 1.54) is 12.8 Å². The van der Waals surface area contributed by atoms with Crippen LogP contribution in [0.25, 0.3) is 0 Å². The summed E-state index contributed by atoms with van der Waals surface area (Å²) < 4.78 is 0. The minimum Gasteiger partial charge on any atom is -0.383 e. The van der Waals surface area contributed by atoms with E-state index in [1.54, 1.807) is 0 Å². The number of nitrogens with one attached hydrogen (secondary N) is 2. The molecule has 2 aliphatic rings. The lowest BCUT2D eigenvalue weighted by atomic mass is 10.3. The average Bonchev–Trinajstić information content (AvgIpc) is 3.15. The predicted molar refractivity (Wildman–Crippen MR) is 82.1 cm³/mol. The van der Waals surface area contributed by atoms with E-state index in [2.05, 4.69) is 25.5 Å². The Bertz CT molecular complexity index is 485. The van der Waals surface area contributed by atoms with Crippen LogP contribution in [0.4, 0.5) is 17.6 Å². The molecule has 1 saturated carbocycles. The molecule has 4 N–H and O–H groups in total. The molecule has 20 heavy (non-hydrogen) atoms. The van der Waals surface area contributed by atoms with E-state index in [-0.39, 0.29) is 0 Å². The van der Waals surface area contributed by atoms with Gasteiger partial charge in [-0.25, -0.2) is 0 Å². The fraction of sp³-hybridized carbons (Fsp3) is 0.714. The molecule has 6 heteroatoms. The fourth-order valence-corrected chi connectivity index (χ4v) is 2.65. The SMILES string of the molecule is CN[C@@H]1CCN(c2nc(NCC3CC3)nc(N)c2C)C1. The maximum absolute atomic E-state index is 6.04. The Labute approximate surface area is 120 Å². The molecule has 1 saturated heterocycles. The Kier molecular flexibility index (Phi) is 3.65. The summed E-state index contributed by atoms with van der Waals surface area (Å²) in [5.41, 5.74) is 7.03. The molecule has 1 aromatic heterocycles. The van der Waals surface area contributed by atoms with Crippen LogP contribution in [-0.4, -0.2) is 42.7 Å². The van der Waals surface area contributed by atoms with Gasteiger partial charge < -0.3 is 21.3 Å². The van der Waals surface area contributed by atoms with Crippen LogP contribution in [0.1, 0.15) is 24.8 Å². The summed E-state index contributed by atoms with van der Waals surface area (Å²) in [5, 5.41) is 6.65. The van der Waals surface area contributed by atoms with Gasteiger partial charge in [-0.15, -0.1) is 0 Å². The van der Waals surface area contributed by atoms with E-state index in [4.69, 9.17) is 5.73 Å². The topological polar surface area (TPSA) is 79.1 Å². The number of anilines is 3. The summed E-state index contributed by atoms with van der Waals surface area (Å²) in [5.74, 6) is 3.03. The number of hydrogen-bond donors (Lipinski definition) is 3. The molecule has 2 heterocycles. The second-order valence-corrected chi connectivity index (χ2v) is 5.93. The highest BCUT2D eigenvalue weighted by molar-refractivity contribution is 5.60. The van der Waals surface area contributed by atoms with E-state index in [1.807, 2.05) is 14.0 Å². The average molecular weight is 276 g/mol. The molecule has 0 spiro atoms. The fourth-order valence-electron chi connectivity index (χ4n) is 2.65. The molecule has 110 valence electrons. The van der Waals surface area contributed by atoms with Crippen molar-refractivity contribution in [1.82, 2.24) is 15.3 Å². The van der Waals surface area contributed by atoms with Crippen molar-refractivity contribution in [3.63, 3.8) is 0 Å².